The van der Waals surface area contributed by atoms with E-state index in [2.05, 4.69) is 6.07 Å². The van der Waals surface area contributed by atoms with E-state index in [0.717, 1.165) is 25.7 Å². The molecule has 1 fully saturated rings. The highest BCUT2D eigenvalue weighted by Crippen LogP contribution is 2.28. The zero-order chi connectivity index (χ0) is 11.5. The lowest BCUT2D eigenvalue weighted by Gasteiger charge is -2.29. The van der Waals surface area contributed by atoms with Crippen LogP contribution in [0.25, 0.3) is 0 Å². The van der Waals surface area contributed by atoms with Gasteiger partial charge in [0.15, 0.2) is 0 Å². The molecule has 1 unspecified atom stereocenters. The Hall–Kier alpha value is -1.08. The molecular weight excluding hydrogens is 190 g/mol. The maximum atomic E-state index is 12.0. The van der Waals surface area contributed by atoms with E-state index in [9.17, 15) is 4.79 Å². The number of nitrogens with two attached hydrogens (primary N) is 1. The molecule has 0 aliphatic heterocycles. The fraction of sp³-hybridized carbons (Fsp3) is 0.818. The average molecular weight is 209 g/mol. The molecule has 4 nitrogen and oxygen atoms in total. The summed E-state index contributed by atoms with van der Waals surface area (Å²) < 4.78 is 0. The van der Waals surface area contributed by atoms with Gasteiger partial charge in [0.25, 0.3) is 0 Å². The molecule has 1 atom stereocenters. The Morgan fingerprint density at radius 3 is 2.60 bits per heavy atom. The quantitative estimate of drug-likeness (QED) is 0.750. The number of rotatable bonds is 3. The molecule has 0 spiro atoms. The number of carbonyl (C=O) groups excluding carboxylic acids is 1. The van der Waals surface area contributed by atoms with Crippen LogP contribution in [0, 0.1) is 17.2 Å². The standard InChI is InChI=1S/C11H19N3O/c1-9(7-12)8-14(2)10(15)11(13)5-3-4-6-11/h9H,3-6,8,13H2,1-2H3. The summed E-state index contributed by atoms with van der Waals surface area (Å²) in [5.41, 5.74) is 5.38. The van der Waals surface area contributed by atoms with Gasteiger partial charge >= 0.3 is 0 Å². The smallest absolute Gasteiger partial charge is 0.242 e. The van der Waals surface area contributed by atoms with E-state index in [0.29, 0.717) is 6.54 Å². The minimum Gasteiger partial charge on any atom is -0.343 e. The van der Waals surface area contributed by atoms with E-state index in [1.807, 2.05) is 6.92 Å². The molecule has 0 bridgehead atoms. The predicted octanol–water partition coefficient (Wildman–Crippen LogP) is 0.876. The van der Waals surface area contributed by atoms with Gasteiger partial charge in [0.2, 0.25) is 5.91 Å². The third kappa shape index (κ3) is 2.69. The molecule has 1 rings (SSSR count). The van der Waals surface area contributed by atoms with Crippen molar-refractivity contribution in [1.82, 2.24) is 4.90 Å². The van der Waals surface area contributed by atoms with Crippen LogP contribution >= 0.6 is 0 Å². The second-order valence-electron chi connectivity index (χ2n) is 4.58. The zero-order valence-corrected chi connectivity index (χ0v) is 9.49. The third-order valence-corrected chi connectivity index (χ3v) is 3.04. The first-order valence-electron chi connectivity index (χ1n) is 5.43. The van der Waals surface area contributed by atoms with Crippen LogP contribution in [0.3, 0.4) is 0 Å². The zero-order valence-electron chi connectivity index (χ0n) is 9.49. The van der Waals surface area contributed by atoms with Gasteiger partial charge < -0.3 is 10.6 Å². The summed E-state index contributed by atoms with van der Waals surface area (Å²) in [6.07, 6.45) is 3.61. The molecule has 4 heteroatoms. The van der Waals surface area contributed by atoms with Gasteiger partial charge in [0.1, 0.15) is 0 Å². The van der Waals surface area contributed by atoms with Crippen LogP contribution in [0.1, 0.15) is 32.6 Å². The van der Waals surface area contributed by atoms with Gasteiger partial charge in [-0.05, 0) is 19.8 Å². The van der Waals surface area contributed by atoms with Crippen molar-refractivity contribution in [2.24, 2.45) is 11.7 Å². The number of amides is 1. The lowest BCUT2D eigenvalue weighted by atomic mass is 9.97. The fourth-order valence-electron chi connectivity index (χ4n) is 2.13. The molecule has 15 heavy (non-hydrogen) atoms. The SMILES string of the molecule is CC(C#N)CN(C)C(=O)C1(N)CCCC1. The highest BCUT2D eigenvalue weighted by atomic mass is 16.2. The Kier molecular flexibility index (Phi) is 3.70. The Labute approximate surface area is 91.0 Å². The Morgan fingerprint density at radius 2 is 2.13 bits per heavy atom. The molecule has 0 aromatic rings. The summed E-state index contributed by atoms with van der Waals surface area (Å²) in [7, 11) is 1.73. The Bertz CT molecular complexity index is 276. The van der Waals surface area contributed by atoms with E-state index in [1.54, 1.807) is 11.9 Å². The summed E-state index contributed by atoms with van der Waals surface area (Å²) in [5, 5.41) is 8.68. The van der Waals surface area contributed by atoms with Crippen LogP contribution in [-0.4, -0.2) is 29.9 Å². The van der Waals surface area contributed by atoms with Crippen LogP contribution in [-0.2, 0) is 4.79 Å². The monoisotopic (exact) mass is 209 g/mol. The van der Waals surface area contributed by atoms with Crippen molar-refractivity contribution in [1.29, 1.82) is 5.26 Å². The number of nitrogens with zero attached hydrogens (tertiary/aromatic N) is 2. The van der Waals surface area contributed by atoms with Crippen LogP contribution in [0.2, 0.25) is 0 Å². The number of hydrogen-bond donors (Lipinski definition) is 1. The summed E-state index contributed by atoms with van der Waals surface area (Å²) in [4.78, 5) is 13.6. The van der Waals surface area contributed by atoms with Crippen molar-refractivity contribution < 1.29 is 4.79 Å². The van der Waals surface area contributed by atoms with E-state index >= 15 is 0 Å². The van der Waals surface area contributed by atoms with Crippen LogP contribution < -0.4 is 5.73 Å². The van der Waals surface area contributed by atoms with E-state index in [1.165, 1.54) is 0 Å². The van der Waals surface area contributed by atoms with Gasteiger partial charge in [-0.2, -0.15) is 5.26 Å². The molecular formula is C11H19N3O. The fourth-order valence-corrected chi connectivity index (χ4v) is 2.13. The van der Waals surface area contributed by atoms with Gasteiger partial charge in [-0.3, -0.25) is 4.79 Å². The molecule has 0 saturated heterocycles. The first-order valence-corrected chi connectivity index (χ1v) is 5.43. The van der Waals surface area contributed by atoms with Gasteiger partial charge in [-0.15, -0.1) is 0 Å². The van der Waals surface area contributed by atoms with E-state index in [4.69, 9.17) is 11.0 Å². The molecule has 1 amide bonds. The second-order valence-corrected chi connectivity index (χ2v) is 4.58. The second kappa shape index (κ2) is 4.63. The lowest BCUT2D eigenvalue weighted by molar-refractivity contribution is -0.135. The van der Waals surface area contributed by atoms with Gasteiger partial charge in [0.05, 0.1) is 17.5 Å². The van der Waals surface area contributed by atoms with Crippen LogP contribution in [0.4, 0.5) is 0 Å². The summed E-state index contributed by atoms with van der Waals surface area (Å²) >= 11 is 0. The minimum atomic E-state index is -0.663. The minimum absolute atomic E-state index is 0.0119. The number of likely N-dealkylation sites (N-methyl/N-ethyl adjacent to an activating group) is 1. The first-order chi connectivity index (χ1) is 6.99. The number of carbonyl (C=O) groups is 1. The molecule has 0 aromatic heterocycles. The van der Waals surface area contributed by atoms with Crippen LogP contribution in [0.5, 0.6) is 0 Å². The van der Waals surface area contributed by atoms with Gasteiger partial charge in [-0.25, -0.2) is 0 Å². The number of nitriles is 1. The molecule has 84 valence electrons. The Balaban J connectivity index is 2.56. The van der Waals surface area contributed by atoms with Gasteiger partial charge in [-0.1, -0.05) is 12.8 Å². The summed E-state index contributed by atoms with van der Waals surface area (Å²) in [6, 6.07) is 2.12. The molecule has 1 aliphatic rings. The largest absolute Gasteiger partial charge is 0.343 e. The molecule has 1 saturated carbocycles. The Morgan fingerprint density at radius 1 is 1.60 bits per heavy atom. The summed E-state index contributed by atoms with van der Waals surface area (Å²) in [6.45, 7) is 2.27. The normalized spacial score (nSPS) is 20.7. The van der Waals surface area contributed by atoms with E-state index < -0.39 is 5.54 Å². The van der Waals surface area contributed by atoms with Crippen LogP contribution in [0.15, 0.2) is 0 Å². The molecule has 2 N–H and O–H groups in total. The lowest BCUT2D eigenvalue weighted by Crippen LogP contribution is -2.53. The van der Waals surface area contributed by atoms with Crippen molar-refractivity contribution in [2.75, 3.05) is 13.6 Å². The predicted molar refractivity (Wildman–Crippen MR) is 57.8 cm³/mol. The van der Waals surface area contributed by atoms with Crippen molar-refractivity contribution in [2.45, 2.75) is 38.1 Å². The maximum absolute atomic E-state index is 12.0. The molecule has 0 heterocycles. The molecule has 0 aromatic carbocycles. The third-order valence-electron chi connectivity index (χ3n) is 3.04. The first kappa shape index (κ1) is 12.0. The van der Waals surface area contributed by atoms with Crippen molar-refractivity contribution in [3.63, 3.8) is 0 Å². The average Bonchev–Trinajstić information content (AvgIpc) is 2.65. The maximum Gasteiger partial charge on any atom is 0.242 e. The number of hydrogen-bond acceptors (Lipinski definition) is 3. The van der Waals surface area contributed by atoms with E-state index in [-0.39, 0.29) is 11.8 Å². The summed E-state index contributed by atoms with van der Waals surface area (Å²) in [5.74, 6) is -0.147. The van der Waals surface area contributed by atoms with Crippen molar-refractivity contribution in [3.05, 3.63) is 0 Å². The topological polar surface area (TPSA) is 70.1 Å². The van der Waals surface area contributed by atoms with Crippen molar-refractivity contribution >= 4 is 5.91 Å². The van der Waals surface area contributed by atoms with Crippen molar-refractivity contribution in [3.8, 4) is 6.07 Å². The molecule has 0 radical (unpaired) electrons. The van der Waals surface area contributed by atoms with Gasteiger partial charge in [0, 0.05) is 13.6 Å². The highest BCUT2D eigenvalue weighted by molar-refractivity contribution is 5.86. The highest BCUT2D eigenvalue weighted by Gasteiger charge is 2.38. The molecule has 1 aliphatic carbocycles.